The van der Waals surface area contributed by atoms with Gasteiger partial charge in [-0.05, 0) is 12.8 Å². The van der Waals surface area contributed by atoms with Crippen LogP contribution in [0, 0.1) is 0 Å². The summed E-state index contributed by atoms with van der Waals surface area (Å²) in [5.41, 5.74) is -1.23. The van der Waals surface area contributed by atoms with E-state index >= 15 is 0 Å². The molecule has 0 radical (unpaired) electrons. The summed E-state index contributed by atoms with van der Waals surface area (Å²) >= 11 is 0.642. The van der Waals surface area contributed by atoms with Crippen LogP contribution in [0.25, 0.3) is 0 Å². The van der Waals surface area contributed by atoms with Crippen molar-refractivity contribution in [1.29, 1.82) is 0 Å². The van der Waals surface area contributed by atoms with Crippen LogP contribution in [0.1, 0.15) is 19.3 Å². The van der Waals surface area contributed by atoms with E-state index in [4.69, 9.17) is 14.4 Å². The molecule has 5 N–H and O–H groups in total. The lowest BCUT2D eigenvalue weighted by Gasteiger charge is -2.39. The smallest absolute Gasteiger partial charge is 0.466 e. The summed E-state index contributed by atoms with van der Waals surface area (Å²) < 4.78 is 43.6. The first-order valence-corrected chi connectivity index (χ1v) is 9.60. The van der Waals surface area contributed by atoms with Crippen LogP contribution in [-0.2, 0) is 29.0 Å². The first kappa shape index (κ1) is 23.0. The first-order chi connectivity index (χ1) is 12.1. The number of hydrogen-bond acceptors (Lipinski definition) is 12. The van der Waals surface area contributed by atoms with Gasteiger partial charge < -0.3 is 29.9 Å². The Kier molecular flexibility index (Phi) is 9.18. The molecular weight excluding hydrogens is 398 g/mol. The lowest BCUT2D eigenvalue weighted by atomic mass is 10.0. The molecule has 12 nitrogen and oxygen atoms in total. The van der Waals surface area contributed by atoms with Gasteiger partial charge in [0.25, 0.3) is 0 Å². The predicted octanol–water partition coefficient (Wildman–Crippen LogP) is -2.00. The summed E-state index contributed by atoms with van der Waals surface area (Å²) in [6.07, 6.45) is -5.79. The maximum atomic E-state index is 11.1. The minimum Gasteiger partial charge on any atom is -0.469 e. The molecule has 1 aliphatic heterocycles. The van der Waals surface area contributed by atoms with Gasteiger partial charge in [-0.15, -0.1) is 0 Å². The van der Waals surface area contributed by atoms with Crippen LogP contribution in [0.2, 0.25) is 0 Å². The fraction of sp³-hybridized carbons (Fsp3) is 0.833. The standard InChI is InChI=1S/C12H21NO11S2/c1-22-8(15)4-2-3-7(13-24-26(19,20)21)25-12-11(18)10(17)9(16)6(5-14)23-12/h6,9-12,14,16-18H,2-5H2,1H3,(H,19,20,21). The lowest BCUT2D eigenvalue weighted by molar-refractivity contribution is -0.205. The third kappa shape index (κ3) is 7.32. The van der Waals surface area contributed by atoms with Crippen molar-refractivity contribution in [2.45, 2.75) is 49.1 Å². The van der Waals surface area contributed by atoms with Crippen LogP contribution in [-0.4, -0.2) is 88.0 Å². The van der Waals surface area contributed by atoms with Gasteiger partial charge in [0.2, 0.25) is 0 Å². The third-order valence-corrected chi connectivity index (χ3v) is 4.77. The van der Waals surface area contributed by atoms with E-state index in [0.29, 0.717) is 11.8 Å². The Hall–Kier alpha value is -1.00. The molecule has 1 heterocycles. The number of oxime groups is 1. The van der Waals surface area contributed by atoms with Crippen LogP contribution in [0.3, 0.4) is 0 Å². The molecule has 0 bridgehead atoms. The van der Waals surface area contributed by atoms with Gasteiger partial charge in [-0.3, -0.25) is 9.35 Å². The van der Waals surface area contributed by atoms with Gasteiger partial charge in [0.15, 0.2) is 0 Å². The average Bonchev–Trinajstić information content (AvgIpc) is 2.58. The minimum absolute atomic E-state index is 0.00962. The van der Waals surface area contributed by atoms with Crippen LogP contribution in [0.15, 0.2) is 5.16 Å². The Balaban J connectivity index is 2.83. The van der Waals surface area contributed by atoms with Crippen LogP contribution < -0.4 is 0 Å². The lowest BCUT2D eigenvalue weighted by Crippen LogP contribution is -2.57. The molecule has 0 aromatic heterocycles. The van der Waals surface area contributed by atoms with E-state index < -0.39 is 52.8 Å². The number of esters is 1. The zero-order chi connectivity index (χ0) is 19.9. The molecule has 152 valence electrons. The van der Waals surface area contributed by atoms with Gasteiger partial charge in [0.05, 0.1) is 13.7 Å². The van der Waals surface area contributed by atoms with Crippen molar-refractivity contribution in [2.24, 2.45) is 5.16 Å². The second kappa shape index (κ2) is 10.4. The highest BCUT2D eigenvalue weighted by Gasteiger charge is 2.44. The number of hydrogen-bond donors (Lipinski definition) is 5. The number of rotatable bonds is 8. The number of aliphatic hydroxyl groups is 4. The van der Waals surface area contributed by atoms with E-state index in [1.54, 1.807) is 0 Å². The quantitative estimate of drug-likeness (QED) is 0.0956. The van der Waals surface area contributed by atoms with Crippen LogP contribution >= 0.6 is 11.8 Å². The van der Waals surface area contributed by atoms with Gasteiger partial charge in [-0.2, -0.15) is 8.42 Å². The molecule has 1 aliphatic rings. The van der Waals surface area contributed by atoms with Crippen molar-refractivity contribution >= 4 is 33.2 Å². The van der Waals surface area contributed by atoms with E-state index in [9.17, 15) is 28.5 Å². The molecule has 26 heavy (non-hydrogen) atoms. The molecule has 0 amide bonds. The number of thioether (sulfide) groups is 1. The molecule has 0 aliphatic carbocycles. The SMILES string of the molecule is COC(=O)CCCC(=NOS(=O)(=O)O)SC1OC(CO)C(O)C(O)C1O. The second-order valence-corrected chi connectivity index (χ2v) is 7.41. The van der Waals surface area contributed by atoms with Crippen molar-refractivity contribution in [3.8, 4) is 0 Å². The molecule has 0 aromatic rings. The Labute approximate surface area is 153 Å². The normalized spacial score (nSPS) is 30.1. The molecule has 14 heteroatoms. The maximum Gasteiger partial charge on any atom is 0.466 e. The molecule has 1 rings (SSSR count). The van der Waals surface area contributed by atoms with E-state index in [2.05, 4.69) is 14.2 Å². The van der Waals surface area contributed by atoms with Gasteiger partial charge in [-0.25, -0.2) is 4.28 Å². The summed E-state index contributed by atoms with van der Waals surface area (Å²) in [4.78, 5) is 11.1. The van der Waals surface area contributed by atoms with Gasteiger partial charge in [0.1, 0.15) is 34.9 Å². The molecule has 5 unspecified atom stereocenters. The first-order valence-electron chi connectivity index (χ1n) is 7.36. The summed E-state index contributed by atoms with van der Waals surface area (Å²) in [6, 6.07) is 0. The van der Waals surface area contributed by atoms with E-state index in [1.165, 1.54) is 7.11 Å². The third-order valence-electron chi connectivity index (χ3n) is 3.33. The van der Waals surface area contributed by atoms with Gasteiger partial charge in [0, 0.05) is 6.42 Å². The van der Waals surface area contributed by atoms with Crippen molar-refractivity contribution in [3.63, 3.8) is 0 Å². The molecule has 0 spiro atoms. The monoisotopic (exact) mass is 419 g/mol. The van der Waals surface area contributed by atoms with Crippen molar-refractivity contribution in [1.82, 2.24) is 0 Å². The predicted molar refractivity (Wildman–Crippen MR) is 87.3 cm³/mol. The number of ether oxygens (including phenoxy) is 2. The highest BCUT2D eigenvalue weighted by Crippen LogP contribution is 2.30. The molecule has 0 aromatic carbocycles. The van der Waals surface area contributed by atoms with E-state index in [1.807, 2.05) is 0 Å². The molecule has 5 atom stereocenters. The Morgan fingerprint density at radius 1 is 1.19 bits per heavy atom. The molecular formula is C12H21NO11S2. The Bertz CT molecular complexity index is 594. The highest BCUT2D eigenvalue weighted by atomic mass is 32.3. The summed E-state index contributed by atoms with van der Waals surface area (Å²) in [7, 11) is -3.68. The van der Waals surface area contributed by atoms with Crippen molar-refractivity contribution < 1.29 is 51.9 Å². The number of methoxy groups -OCH3 is 1. The van der Waals surface area contributed by atoms with Crippen molar-refractivity contribution in [2.75, 3.05) is 13.7 Å². The zero-order valence-electron chi connectivity index (χ0n) is 13.7. The molecule has 0 saturated carbocycles. The van der Waals surface area contributed by atoms with E-state index in [-0.39, 0.29) is 24.3 Å². The number of carbonyl (C=O) groups is 1. The van der Waals surface area contributed by atoms with Crippen LogP contribution in [0.4, 0.5) is 0 Å². The maximum absolute atomic E-state index is 11.1. The molecule has 1 saturated heterocycles. The number of carbonyl (C=O) groups excluding carboxylic acids is 1. The largest absolute Gasteiger partial charge is 0.469 e. The summed E-state index contributed by atoms with van der Waals surface area (Å²) in [5.74, 6) is -0.516. The fourth-order valence-electron chi connectivity index (χ4n) is 2.00. The van der Waals surface area contributed by atoms with Gasteiger partial charge in [-0.1, -0.05) is 16.9 Å². The Morgan fingerprint density at radius 3 is 2.38 bits per heavy atom. The van der Waals surface area contributed by atoms with Crippen LogP contribution in [0.5, 0.6) is 0 Å². The topological polar surface area (TPSA) is 192 Å². The van der Waals surface area contributed by atoms with Crippen molar-refractivity contribution in [3.05, 3.63) is 0 Å². The van der Waals surface area contributed by atoms with Gasteiger partial charge >= 0.3 is 16.4 Å². The number of nitrogens with zero attached hydrogens (tertiary/aromatic N) is 1. The average molecular weight is 419 g/mol. The van der Waals surface area contributed by atoms with E-state index in [0.717, 1.165) is 0 Å². The second-order valence-electron chi connectivity index (χ2n) is 5.23. The Morgan fingerprint density at radius 2 is 1.85 bits per heavy atom. The molecule has 1 fully saturated rings. The zero-order valence-corrected chi connectivity index (χ0v) is 15.3. The summed E-state index contributed by atoms with van der Waals surface area (Å²) in [5, 5.41) is 41.7. The summed E-state index contributed by atoms with van der Waals surface area (Å²) in [6.45, 7) is -0.641. The fourth-order valence-corrected chi connectivity index (χ4v) is 3.34. The minimum atomic E-state index is -4.88. The number of aliphatic hydroxyl groups excluding tert-OH is 4. The highest BCUT2D eigenvalue weighted by molar-refractivity contribution is 8.14.